The van der Waals surface area contributed by atoms with Gasteiger partial charge in [-0.25, -0.2) is 4.98 Å². The molecule has 1 aliphatic heterocycles. The number of rotatable bonds is 5. The number of benzene rings is 6. The number of fused-ring (bicyclic) bond motifs is 7. The monoisotopic (exact) mass is 692 g/mol. The van der Waals surface area contributed by atoms with Crippen molar-refractivity contribution < 1.29 is 8.85 Å². The number of aromatic nitrogens is 3. The Kier molecular flexibility index (Phi) is 6.23. The van der Waals surface area contributed by atoms with Crippen LogP contribution in [0.15, 0.2) is 152 Å². The molecule has 0 saturated heterocycles. The topological polar surface area (TPSA) is 38.5 Å². The summed E-state index contributed by atoms with van der Waals surface area (Å²) in [5.41, 5.74) is 8.96. The van der Waals surface area contributed by atoms with Gasteiger partial charge < -0.3 is 19.1 Å². The van der Waals surface area contributed by atoms with Crippen LogP contribution in [-0.4, -0.2) is 27.8 Å². The second-order valence-corrected chi connectivity index (χ2v) is 14.8. The molecule has 9 aromatic rings. The lowest BCUT2D eigenvalue weighted by Gasteiger charge is -2.20. The van der Waals surface area contributed by atoms with Gasteiger partial charge in [-0.1, -0.05) is 75.4 Å². The van der Waals surface area contributed by atoms with Crippen LogP contribution in [0.5, 0.6) is 11.5 Å². The summed E-state index contributed by atoms with van der Waals surface area (Å²) in [5.74, 6) is 2.17. The highest BCUT2D eigenvalue weighted by atomic mass is 16.5. The van der Waals surface area contributed by atoms with Gasteiger partial charge in [0.2, 0.25) is 0 Å². The summed E-state index contributed by atoms with van der Waals surface area (Å²) in [7, 11) is 0. The van der Waals surface area contributed by atoms with Crippen molar-refractivity contribution in [1.82, 2.24) is 14.1 Å². The smallest absolute Gasteiger partial charge is 0.137 e. The van der Waals surface area contributed by atoms with E-state index in [1.165, 1.54) is 21.2 Å². The van der Waals surface area contributed by atoms with E-state index in [2.05, 4.69) is 121 Å². The number of pyridine rings is 1. The zero-order valence-corrected chi connectivity index (χ0v) is 29.8. The van der Waals surface area contributed by atoms with E-state index in [-0.39, 0.29) is 12.1 Å². The number of ether oxygens (including phenoxy) is 1. The van der Waals surface area contributed by atoms with Crippen molar-refractivity contribution >= 4 is 60.7 Å². The molecular weight excluding hydrogens is 651 g/mol. The molecule has 6 nitrogen and oxygen atoms in total. The molecule has 0 aliphatic carbocycles. The molecule has 1 aliphatic rings. The van der Waals surface area contributed by atoms with Crippen LogP contribution >= 0.6 is 0 Å². The Morgan fingerprint density at radius 2 is 1.26 bits per heavy atom. The fourth-order valence-corrected chi connectivity index (χ4v) is 7.93. The van der Waals surface area contributed by atoms with Gasteiger partial charge in [-0.15, -0.1) is 0 Å². The largest absolute Gasteiger partial charge is 0.457 e. The van der Waals surface area contributed by atoms with Gasteiger partial charge in [0.25, 0.3) is 0 Å². The predicted molar refractivity (Wildman–Crippen MR) is 220 cm³/mol. The summed E-state index contributed by atoms with van der Waals surface area (Å²) in [6.45, 7) is 4.60. The van der Waals surface area contributed by atoms with Crippen LogP contribution in [0.1, 0.15) is 30.4 Å². The first kappa shape index (κ1) is 28.1. The highest BCUT2D eigenvalue weighted by Crippen LogP contribution is 2.42. The molecule has 0 bridgehead atoms. The number of hydrogen-bond donors (Lipinski definition) is 0. The van der Waals surface area contributed by atoms with Gasteiger partial charge in [0.1, 0.15) is 17.3 Å². The second kappa shape index (κ2) is 11.8. The lowest BCUT2D eigenvalue weighted by molar-refractivity contribution is 0.483. The lowest BCUT2D eigenvalue weighted by Crippen LogP contribution is -2.23. The summed E-state index contributed by atoms with van der Waals surface area (Å²) in [6, 6.07) is 49.8. The molecule has 53 heavy (non-hydrogen) atoms. The number of anilines is 3. The number of hydrogen-bond acceptors (Lipinski definition) is 4. The molecule has 6 heteroatoms. The van der Waals surface area contributed by atoms with Crippen LogP contribution in [0.4, 0.5) is 17.1 Å². The van der Waals surface area contributed by atoms with E-state index in [1.807, 2.05) is 65.7 Å². The zero-order valence-electron chi connectivity index (χ0n) is 32.8. The Morgan fingerprint density at radius 3 is 2.04 bits per heavy atom. The zero-order chi connectivity index (χ0) is 38.3. The quantitative estimate of drug-likeness (QED) is 0.180. The summed E-state index contributed by atoms with van der Waals surface area (Å²) in [6.07, 6.45) is 1.90. The average molecular weight is 693 g/mol. The molecule has 0 radical (unpaired) electrons. The van der Waals surface area contributed by atoms with Gasteiger partial charge in [-0.05, 0) is 89.8 Å². The summed E-state index contributed by atoms with van der Waals surface area (Å²) < 4.78 is 35.6. The second-order valence-electron chi connectivity index (χ2n) is 14.8. The average Bonchev–Trinajstić information content (AvgIpc) is 3.86. The third kappa shape index (κ3) is 5.05. The molecule has 0 atom stereocenters. The van der Waals surface area contributed by atoms with Crippen molar-refractivity contribution in [3.8, 4) is 23.0 Å². The van der Waals surface area contributed by atoms with Crippen LogP contribution in [0.3, 0.4) is 0 Å². The maximum absolute atomic E-state index is 8.14. The molecule has 0 unspecified atom stereocenters. The summed E-state index contributed by atoms with van der Waals surface area (Å²) in [4.78, 5) is 8.40. The van der Waals surface area contributed by atoms with Crippen molar-refractivity contribution in [2.45, 2.75) is 26.2 Å². The van der Waals surface area contributed by atoms with E-state index in [1.54, 1.807) is 0 Å². The minimum atomic E-state index is -2.27. The van der Waals surface area contributed by atoms with Gasteiger partial charge in [-0.2, -0.15) is 0 Å². The highest BCUT2D eigenvalue weighted by molar-refractivity contribution is 6.12. The predicted octanol–water partition coefficient (Wildman–Crippen LogP) is 11.9. The lowest BCUT2D eigenvalue weighted by atomic mass is 9.88. The number of nitrogens with zero attached hydrogens (tertiary/aromatic N) is 5. The van der Waals surface area contributed by atoms with Crippen LogP contribution in [-0.2, 0) is 5.41 Å². The molecule has 10 rings (SSSR count). The Morgan fingerprint density at radius 1 is 0.566 bits per heavy atom. The number of para-hydroxylation sites is 4. The van der Waals surface area contributed by atoms with Crippen molar-refractivity contribution in [3.05, 3.63) is 157 Å². The standard InChI is InChI=1S/C47H39N5O/c1-47(2,3)31-24-25-48-46(26-31)52-42-23-20-33(51-40-16-7-5-14-36(40)37-15-6-8-17-41(37)51)28-39(42)38-22-21-35(29-45(38)52)53-34-13-11-12-32(27-34)50-30-49(4)43-18-9-10-19-44(43)50/h5-29H,30H2,1-4H3/i4D3. The fourth-order valence-electron chi connectivity index (χ4n) is 7.93. The van der Waals surface area contributed by atoms with Gasteiger partial charge in [0, 0.05) is 62.3 Å². The first-order valence-electron chi connectivity index (χ1n) is 19.5. The van der Waals surface area contributed by atoms with E-state index in [9.17, 15) is 0 Å². The van der Waals surface area contributed by atoms with Gasteiger partial charge >= 0.3 is 0 Å². The molecule has 258 valence electrons. The Bertz CT molecular complexity index is 2940. The van der Waals surface area contributed by atoms with Crippen molar-refractivity contribution in [2.24, 2.45) is 0 Å². The molecule has 0 fully saturated rings. The first-order chi connectivity index (χ1) is 27.0. The molecule has 6 aromatic carbocycles. The Labute approximate surface area is 312 Å². The molecule has 0 saturated carbocycles. The SMILES string of the molecule is [2H]C([2H])([2H])N1CN(c2cccc(Oc3ccc4c5cc(-n6c7ccccc7c7ccccc76)ccc5n(-c5cc(C(C)(C)C)ccn5)c4c3)c2)c2ccccc21. The van der Waals surface area contributed by atoms with Gasteiger partial charge in [-0.3, -0.25) is 4.57 Å². The van der Waals surface area contributed by atoms with Crippen LogP contribution in [0.2, 0.25) is 0 Å². The van der Waals surface area contributed by atoms with E-state index < -0.39 is 6.98 Å². The molecule has 4 heterocycles. The Hall–Kier alpha value is -6.53. The highest BCUT2D eigenvalue weighted by Gasteiger charge is 2.24. The van der Waals surface area contributed by atoms with Crippen molar-refractivity contribution in [3.63, 3.8) is 0 Å². The van der Waals surface area contributed by atoms with Gasteiger partial charge in [0.15, 0.2) is 0 Å². The van der Waals surface area contributed by atoms with E-state index in [0.717, 1.165) is 55.7 Å². The minimum Gasteiger partial charge on any atom is -0.457 e. The van der Waals surface area contributed by atoms with E-state index in [4.69, 9.17) is 13.8 Å². The van der Waals surface area contributed by atoms with Crippen molar-refractivity contribution in [1.29, 1.82) is 0 Å². The first-order valence-corrected chi connectivity index (χ1v) is 18.0. The fraction of sp³-hybridized carbons (Fsp3) is 0.128. The molecule has 0 spiro atoms. The third-order valence-corrected chi connectivity index (χ3v) is 10.5. The third-order valence-electron chi connectivity index (χ3n) is 10.5. The van der Waals surface area contributed by atoms with Crippen molar-refractivity contribution in [2.75, 3.05) is 23.4 Å². The molecular formula is C47H39N5O. The summed E-state index contributed by atoms with van der Waals surface area (Å²) >= 11 is 0. The summed E-state index contributed by atoms with van der Waals surface area (Å²) in [5, 5.41) is 4.65. The molecule has 0 N–H and O–H groups in total. The maximum atomic E-state index is 8.14. The van der Waals surface area contributed by atoms with Crippen LogP contribution in [0, 0.1) is 0 Å². The maximum Gasteiger partial charge on any atom is 0.137 e. The molecule has 3 aromatic heterocycles. The minimum absolute atomic E-state index is 0.0597. The normalized spacial score (nSPS) is 14.2. The van der Waals surface area contributed by atoms with E-state index in [0.29, 0.717) is 17.2 Å². The van der Waals surface area contributed by atoms with Gasteiger partial charge in [0.05, 0.1) is 40.1 Å². The van der Waals surface area contributed by atoms with Crippen LogP contribution < -0.4 is 14.5 Å². The van der Waals surface area contributed by atoms with E-state index >= 15 is 0 Å². The Balaban J connectivity index is 1.10. The van der Waals surface area contributed by atoms with Crippen LogP contribution in [0.25, 0.3) is 55.1 Å². The molecule has 0 amide bonds.